The molecule has 1 N–H and O–H groups in total. The highest BCUT2D eigenvalue weighted by Crippen LogP contribution is 2.27. The van der Waals surface area contributed by atoms with Crippen LogP contribution in [0, 0.1) is 0 Å². The average molecular weight is 339 g/mol. The van der Waals surface area contributed by atoms with Crippen molar-refractivity contribution in [3.8, 4) is 5.75 Å². The fourth-order valence-corrected chi connectivity index (χ4v) is 2.02. The highest BCUT2D eigenvalue weighted by atomic mass is 35.5. The first kappa shape index (κ1) is 16.8. The summed E-state index contributed by atoms with van der Waals surface area (Å²) >= 11 is 5.99. The fraction of sp³-hybridized carbons (Fsp3) is 0.286. The summed E-state index contributed by atoms with van der Waals surface area (Å²) in [7, 11) is 1.51. The largest absolute Gasteiger partial charge is 0.495 e. The Morgan fingerprint density at radius 3 is 2.83 bits per heavy atom. The minimum atomic E-state index is -0.582. The van der Waals surface area contributed by atoms with E-state index in [-0.39, 0.29) is 24.8 Å². The monoisotopic (exact) mass is 338 g/mol. The van der Waals surface area contributed by atoms with Crippen LogP contribution in [-0.2, 0) is 16.1 Å². The molecule has 23 heavy (non-hydrogen) atoms. The Labute approximate surface area is 137 Å². The molecule has 2 rings (SSSR count). The number of esters is 1. The topological polar surface area (TPSA) is 95.3 Å². The van der Waals surface area contributed by atoms with Crippen molar-refractivity contribution in [2.75, 3.05) is 19.0 Å². The molecule has 0 radical (unpaired) electrons. The van der Waals surface area contributed by atoms with Gasteiger partial charge in [-0.05, 0) is 25.1 Å². The number of amides is 1. The Morgan fingerprint density at radius 1 is 1.39 bits per heavy atom. The van der Waals surface area contributed by atoms with Crippen LogP contribution in [0.4, 0.5) is 5.69 Å². The number of ether oxygens (including phenoxy) is 2. The molecular formula is C14H15ClN4O4. The Kier molecular flexibility index (Phi) is 5.53. The molecule has 0 fully saturated rings. The zero-order valence-corrected chi connectivity index (χ0v) is 13.3. The van der Waals surface area contributed by atoms with Crippen molar-refractivity contribution in [2.45, 2.75) is 13.5 Å². The van der Waals surface area contributed by atoms with E-state index in [1.807, 2.05) is 0 Å². The van der Waals surface area contributed by atoms with Crippen LogP contribution in [-0.4, -0.2) is 40.6 Å². The van der Waals surface area contributed by atoms with Crippen molar-refractivity contribution in [3.05, 3.63) is 35.1 Å². The van der Waals surface area contributed by atoms with Crippen LogP contribution in [0.5, 0.6) is 5.75 Å². The first-order valence-electron chi connectivity index (χ1n) is 6.74. The molecule has 0 saturated heterocycles. The van der Waals surface area contributed by atoms with Crippen LogP contribution >= 0.6 is 11.6 Å². The van der Waals surface area contributed by atoms with Gasteiger partial charge in [0.2, 0.25) is 5.91 Å². The number of carbonyl (C=O) groups is 2. The lowest BCUT2D eigenvalue weighted by atomic mass is 10.3. The zero-order valence-electron chi connectivity index (χ0n) is 12.6. The van der Waals surface area contributed by atoms with Gasteiger partial charge in [0.1, 0.15) is 12.3 Å². The van der Waals surface area contributed by atoms with Gasteiger partial charge in [-0.25, -0.2) is 9.48 Å². The van der Waals surface area contributed by atoms with E-state index in [4.69, 9.17) is 21.1 Å². The Bertz CT molecular complexity index is 717. The normalized spacial score (nSPS) is 10.2. The molecule has 0 atom stereocenters. The number of hydrogen-bond donors (Lipinski definition) is 1. The molecule has 0 aliphatic rings. The zero-order chi connectivity index (χ0) is 16.8. The number of benzene rings is 1. The number of nitrogens with one attached hydrogen (secondary N) is 1. The van der Waals surface area contributed by atoms with Crippen molar-refractivity contribution >= 4 is 29.2 Å². The summed E-state index contributed by atoms with van der Waals surface area (Å²) in [6.45, 7) is 1.83. The molecule has 0 unspecified atom stereocenters. The van der Waals surface area contributed by atoms with E-state index in [0.717, 1.165) is 0 Å². The third-order valence-electron chi connectivity index (χ3n) is 2.76. The van der Waals surface area contributed by atoms with E-state index >= 15 is 0 Å². The summed E-state index contributed by atoms with van der Waals surface area (Å²) < 4.78 is 11.1. The molecule has 1 aromatic carbocycles. The maximum Gasteiger partial charge on any atom is 0.360 e. The minimum absolute atomic E-state index is 0.0483. The second kappa shape index (κ2) is 7.59. The molecule has 8 nitrogen and oxygen atoms in total. The Hall–Kier alpha value is -2.61. The van der Waals surface area contributed by atoms with E-state index in [1.54, 1.807) is 25.1 Å². The standard InChI is InChI=1S/C14H15ClN4O4/c1-3-23-14(21)11-7-19(18-17-11)8-13(20)16-9-4-5-12(22-2)10(15)6-9/h4-7H,3,8H2,1-2H3,(H,16,20). The van der Waals surface area contributed by atoms with Crippen molar-refractivity contribution in [1.82, 2.24) is 15.0 Å². The number of methoxy groups -OCH3 is 1. The number of nitrogens with zero attached hydrogens (tertiary/aromatic N) is 3. The van der Waals surface area contributed by atoms with E-state index in [9.17, 15) is 9.59 Å². The predicted molar refractivity (Wildman–Crippen MR) is 82.6 cm³/mol. The molecule has 0 aliphatic heterocycles. The number of carbonyl (C=O) groups excluding carboxylic acids is 2. The molecule has 9 heteroatoms. The number of halogens is 1. The van der Waals surface area contributed by atoms with Gasteiger partial charge in [0.15, 0.2) is 5.69 Å². The summed E-state index contributed by atoms with van der Waals surface area (Å²) in [5.74, 6) is -0.410. The van der Waals surface area contributed by atoms with Crippen molar-refractivity contribution in [3.63, 3.8) is 0 Å². The number of rotatable bonds is 6. The lowest BCUT2D eigenvalue weighted by molar-refractivity contribution is -0.116. The highest BCUT2D eigenvalue weighted by molar-refractivity contribution is 6.32. The number of hydrogen-bond acceptors (Lipinski definition) is 6. The van der Waals surface area contributed by atoms with Gasteiger partial charge in [0, 0.05) is 5.69 Å². The second-order valence-corrected chi connectivity index (χ2v) is 4.83. The maximum absolute atomic E-state index is 12.0. The van der Waals surface area contributed by atoms with Gasteiger partial charge in [0.25, 0.3) is 0 Å². The summed E-state index contributed by atoms with van der Waals surface area (Å²) in [5, 5.41) is 10.4. The molecule has 0 spiro atoms. The summed E-state index contributed by atoms with van der Waals surface area (Å²) in [6, 6.07) is 4.88. The van der Waals surface area contributed by atoms with Crippen LogP contribution in [0.1, 0.15) is 17.4 Å². The third kappa shape index (κ3) is 4.43. The second-order valence-electron chi connectivity index (χ2n) is 4.42. The molecule has 122 valence electrons. The first-order chi connectivity index (χ1) is 11.0. The SMILES string of the molecule is CCOC(=O)c1cn(CC(=O)Nc2ccc(OC)c(Cl)c2)nn1. The van der Waals surface area contributed by atoms with E-state index in [0.29, 0.717) is 16.5 Å². The number of anilines is 1. The summed E-state index contributed by atoms with van der Waals surface area (Å²) in [5.41, 5.74) is 0.568. The molecule has 0 saturated carbocycles. The van der Waals surface area contributed by atoms with Gasteiger partial charge in [-0.15, -0.1) is 5.10 Å². The van der Waals surface area contributed by atoms with Gasteiger partial charge in [-0.2, -0.15) is 0 Å². The van der Waals surface area contributed by atoms with Gasteiger partial charge in [0.05, 0.1) is 24.9 Å². The molecular weight excluding hydrogens is 324 g/mol. The van der Waals surface area contributed by atoms with Crippen LogP contribution in [0.25, 0.3) is 0 Å². The summed E-state index contributed by atoms with van der Waals surface area (Å²) in [4.78, 5) is 23.4. The third-order valence-corrected chi connectivity index (χ3v) is 3.06. The van der Waals surface area contributed by atoms with Gasteiger partial charge in [-0.3, -0.25) is 4.79 Å². The minimum Gasteiger partial charge on any atom is -0.495 e. The summed E-state index contributed by atoms with van der Waals surface area (Å²) in [6.07, 6.45) is 1.35. The van der Waals surface area contributed by atoms with Gasteiger partial charge < -0.3 is 14.8 Å². The predicted octanol–water partition coefficient (Wildman–Crippen LogP) is 1.76. The van der Waals surface area contributed by atoms with E-state index in [1.165, 1.54) is 18.0 Å². The van der Waals surface area contributed by atoms with Gasteiger partial charge in [-0.1, -0.05) is 16.8 Å². The average Bonchev–Trinajstić information content (AvgIpc) is 2.96. The molecule has 1 aromatic heterocycles. The lowest BCUT2D eigenvalue weighted by Gasteiger charge is -2.07. The van der Waals surface area contributed by atoms with Crippen LogP contribution in [0.3, 0.4) is 0 Å². The quantitative estimate of drug-likeness (QED) is 0.806. The van der Waals surface area contributed by atoms with E-state index in [2.05, 4.69) is 15.6 Å². The molecule has 0 bridgehead atoms. The van der Waals surface area contributed by atoms with Crippen molar-refractivity contribution in [2.24, 2.45) is 0 Å². The Morgan fingerprint density at radius 2 is 2.17 bits per heavy atom. The van der Waals surface area contributed by atoms with E-state index < -0.39 is 5.97 Å². The molecule has 1 amide bonds. The smallest absolute Gasteiger partial charge is 0.360 e. The van der Waals surface area contributed by atoms with Crippen molar-refractivity contribution < 1.29 is 19.1 Å². The van der Waals surface area contributed by atoms with Crippen LogP contribution in [0.15, 0.2) is 24.4 Å². The van der Waals surface area contributed by atoms with Crippen LogP contribution < -0.4 is 10.1 Å². The molecule has 0 aliphatic carbocycles. The fourth-order valence-electron chi connectivity index (χ4n) is 1.77. The van der Waals surface area contributed by atoms with Gasteiger partial charge >= 0.3 is 5.97 Å². The molecule has 1 heterocycles. The Balaban J connectivity index is 1.97. The lowest BCUT2D eigenvalue weighted by Crippen LogP contribution is -2.19. The number of aromatic nitrogens is 3. The van der Waals surface area contributed by atoms with Crippen LogP contribution in [0.2, 0.25) is 5.02 Å². The first-order valence-corrected chi connectivity index (χ1v) is 7.12. The van der Waals surface area contributed by atoms with Crippen molar-refractivity contribution in [1.29, 1.82) is 0 Å². The highest BCUT2D eigenvalue weighted by Gasteiger charge is 2.13. The maximum atomic E-state index is 12.0. The molecule has 2 aromatic rings.